The normalized spacial score (nSPS) is 12.1. The first-order chi connectivity index (χ1) is 12.2. The monoisotopic (exact) mass is 330 g/mol. The molecule has 0 aliphatic heterocycles. The van der Waals surface area contributed by atoms with E-state index in [4.69, 9.17) is 9.78 Å². The quantitative estimate of drug-likeness (QED) is 0.357. The summed E-state index contributed by atoms with van der Waals surface area (Å²) in [5.41, 5.74) is 12.0. The van der Waals surface area contributed by atoms with Crippen LogP contribution in [0.5, 0.6) is 0 Å². The van der Waals surface area contributed by atoms with Gasteiger partial charge in [-0.1, -0.05) is 54.6 Å². The maximum absolute atomic E-state index is 5.33. The van der Waals surface area contributed by atoms with Crippen LogP contribution < -0.4 is 0 Å². The van der Waals surface area contributed by atoms with Crippen LogP contribution in [0.4, 0.5) is 0 Å². The van der Waals surface area contributed by atoms with Crippen molar-refractivity contribution in [3.8, 4) is 22.3 Å². The van der Waals surface area contributed by atoms with Crippen LogP contribution >= 0.6 is 0 Å². The van der Waals surface area contributed by atoms with Gasteiger partial charge in [-0.05, 0) is 70.3 Å². The summed E-state index contributed by atoms with van der Waals surface area (Å²) >= 11 is 0. The molecule has 3 aromatic rings. The molecule has 0 unspecified atom stereocenters. The maximum Gasteiger partial charge on any atom is 0.108 e. The topological polar surface area (TPSA) is 18.5 Å². The first-order valence-corrected chi connectivity index (χ1v) is 8.66. The van der Waals surface area contributed by atoms with Gasteiger partial charge in [0.05, 0.1) is 7.11 Å². The third-order valence-corrected chi connectivity index (χ3v) is 5.34. The lowest BCUT2D eigenvalue weighted by Gasteiger charge is -2.20. The van der Waals surface area contributed by atoms with Crippen molar-refractivity contribution in [1.82, 2.24) is 0 Å². The third kappa shape index (κ3) is 2.58. The van der Waals surface area contributed by atoms with Crippen LogP contribution in [0.25, 0.3) is 22.3 Å². The highest BCUT2D eigenvalue weighted by Crippen LogP contribution is 2.47. The van der Waals surface area contributed by atoms with E-state index in [1.807, 2.05) is 0 Å². The Morgan fingerprint density at radius 2 is 1.56 bits per heavy atom. The molecule has 0 atom stereocenters. The van der Waals surface area contributed by atoms with E-state index in [9.17, 15) is 0 Å². The summed E-state index contributed by atoms with van der Waals surface area (Å²) in [7, 11) is 1.56. The standard InChI is InChI=1S/C23H22O2/c1-15-16(2)22(17-9-5-4-6-10-17)23-19-12-8-7-11-18(19)13-20(23)21(15)14-25-24-3/h4-12H,13-14H2,1-3H3. The second-order valence-corrected chi connectivity index (χ2v) is 6.59. The molecule has 2 heteroatoms. The first kappa shape index (κ1) is 16.1. The minimum Gasteiger partial charge on any atom is -0.240 e. The summed E-state index contributed by atoms with van der Waals surface area (Å²) in [5.74, 6) is 0. The van der Waals surface area contributed by atoms with E-state index >= 15 is 0 Å². The minimum absolute atomic E-state index is 0.481. The molecule has 2 nitrogen and oxygen atoms in total. The Bertz CT molecular complexity index is 927. The number of benzene rings is 3. The largest absolute Gasteiger partial charge is 0.240 e. The Hall–Kier alpha value is -2.42. The van der Waals surface area contributed by atoms with E-state index in [-0.39, 0.29) is 0 Å². The molecule has 0 aromatic heterocycles. The Labute approximate surface area is 149 Å². The zero-order valence-corrected chi connectivity index (χ0v) is 14.9. The van der Waals surface area contributed by atoms with Gasteiger partial charge in [0.1, 0.15) is 6.61 Å². The summed E-state index contributed by atoms with van der Waals surface area (Å²) in [4.78, 5) is 10.2. The Balaban J connectivity index is 2.04. The Morgan fingerprint density at radius 1 is 0.840 bits per heavy atom. The second-order valence-electron chi connectivity index (χ2n) is 6.59. The van der Waals surface area contributed by atoms with Crippen LogP contribution in [0.15, 0.2) is 54.6 Å². The number of hydrogen-bond donors (Lipinski definition) is 0. The van der Waals surface area contributed by atoms with E-state index in [0.29, 0.717) is 6.61 Å². The highest BCUT2D eigenvalue weighted by Gasteiger charge is 2.28. The summed E-state index contributed by atoms with van der Waals surface area (Å²) in [6, 6.07) is 19.4. The molecule has 4 rings (SSSR count). The van der Waals surface area contributed by atoms with Crippen LogP contribution in [-0.4, -0.2) is 7.11 Å². The lowest BCUT2D eigenvalue weighted by Crippen LogP contribution is -2.04. The molecule has 126 valence electrons. The Kier molecular flexibility index (Phi) is 4.16. The second kappa shape index (κ2) is 6.47. The number of rotatable bonds is 4. The van der Waals surface area contributed by atoms with Crippen molar-refractivity contribution in [2.45, 2.75) is 26.9 Å². The van der Waals surface area contributed by atoms with Crippen LogP contribution in [0.2, 0.25) is 0 Å². The summed E-state index contributed by atoms with van der Waals surface area (Å²) in [5, 5.41) is 0. The van der Waals surface area contributed by atoms with Crippen LogP contribution in [0.3, 0.4) is 0 Å². The fraction of sp³-hybridized carbons (Fsp3) is 0.217. The van der Waals surface area contributed by atoms with E-state index < -0.39 is 0 Å². The molecule has 0 radical (unpaired) electrons. The highest BCUT2D eigenvalue weighted by molar-refractivity contribution is 5.93. The molecular formula is C23H22O2. The zero-order chi connectivity index (χ0) is 17.4. The molecule has 0 spiro atoms. The zero-order valence-electron chi connectivity index (χ0n) is 14.9. The van der Waals surface area contributed by atoms with E-state index in [1.165, 1.54) is 50.1 Å². The summed E-state index contributed by atoms with van der Waals surface area (Å²) < 4.78 is 0. The predicted octanol–water partition coefficient (Wildman–Crippen LogP) is 5.62. The van der Waals surface area contributed by atoms with Gasteiger partial charge < -0.3 is 0 Å². The molecule has 0 heterocycles. The molecule has 3 aromatic carbocycles. The van der Waals surface area contributed by atoms with Crippen molar-refractivity contribution in [3.05, 3.63) is 82.4 Å². The van der Waals surface area contributed by atoms with Gasteiger partial charge in [0.25, 0.3) is 0 Å². The predicted molar refractivity (Wildman–Crippen MR) is 101 cm³/mol. The molecule has 1 aliphatic carbocycles. The van der Waals surface area contributed by atoms with E-state index in [0.717, 1.165) is 6.42 Å². The lowest BCUT2D eigenvalue weighted by molar-refractivity contribution is -0.282. The lowest BCUT2D eigenvalue weighted by atomic mass is 9.85. The van der Waals surface area contributed by atoms with Crippen molar-refractivity contribution in [1.29, 1.82) is 0 Å². The van der Waals surface area contributed by atoms with Gasteiger partial charge in [0, 0.05) is 0 Å². The smallest absolute Gasteiger partial charge is 0.108 e. The third-order valence-electron chi connectivity index (χ3n) is 5.34. The first-order valence-electron chi connectivity index (χ1n) is 8.66. The molecule has 0 amide bonds. The molecule has 0 saturated heterocycles. The van der Waals surface area contributed by atoms with Crippen molar-refractivity contribution in [2.75, 3.05) is 7.11 Å². The fourth-order valence-corrected chi connectivity index (χ4v) is 4.01. The molecule has 0 bridgehead atoms. The molecule has 0 N–H and O–H groups in total. The molecule has 0 fully saturated rings. The van der Waals surface area contributed by atoms with Crippen LogP contribution in [0.1, 0.15) is 27.8 Å². The van der Waals surface area contributed by atoms with Crippen LogP contribution in [-0.2, 0) is 22.8 Å². The molecule has 1 aliphatic rings. The summed E-state index contributed by atoms with van der Waals surface area (Å²) in [6.45, 7) is 4.89. The average Bonchev–Trinajstić information content (AvgIpc) is 3.02. The van der Waals surface area contributed by atoms with Crippen molar-refractivity contribution in [2.24, 2.45) is 0 Å². The van der Waals surface area contributed by atoms with Crippen molar-refractivity contribution >= 4 is 0 Å². The van der Waals surface area contributed by atoms with Crippen molar-refractivity contribution in [3.63, 3.8) is 0 Å². The van der Waals surface area contributed by atoms with E-state index in [1.54, 1.807) is 7.11 Å². The number of hydrogen-bond acceptors (Lipinski definition) is 2. The highest BCUT2D eigenvalue weighted by atomic mass is 17.2. The van der Waals surface area contributed by atoms with E-state index in [2.05, 4.69) is 68.4 Å². The van der Waals surface area contributed by atoms with Crippen molar-refractivity contribution < 1.29 is 9.78 Å². The number of fused-ring (bicyclic) bond motifs is 3. The van der Waals surface area contributed by atoms with Gasteiger partial charge in [0.2, 0.25) is 0 Å². The van der Waals surface area contributed by atoms with Gasteiger partial charge in [-0.15, -0.1) is 0 Å². The maximum atomic E-state index is 5.33. The molecule has 25 heavy (non-hydrogen) atoms. The van der Waals surface area contributed by atoms with Gasteiger partial charge in [-0.3, -0.25) is 0 Å². The van der Waals surface area contributed by atoms with Gasteiger partial charge >= 0.3 is 0 Å². The SMILES string of the molecule is COOCc1c(C)c(C)c(-c2ccccc2)c2c1Cc1ccccc1-2. The Morgan fingerprint density at radius 3 is 2.32 bits per heavy atom. The van der Waals surface area contributed by atoms with Gasteiger partial charge in [0.15, 0.2) is 0 Å². The van der Waals surface area contributed by atoms with Crippen LogP contribution in [0, 0.1) is 13.8 Å². The minimum atomic E-state index is 0.481. The fourth-order valence-electron chi connectivity index (χ4n) is 4.01. The van der Waals surface area contributed by atoms with Gasteiger partial charge in [-0.2, -0.15) is 0 Å². The van der Waals surface area contributed by atoms with Gasteiger partial charge in [-0.25, -0.2) is 9.78 Å². The molecule has 0 saturated carbocycles. The summed E-state index contributed by atoms with van der Waals surface area (Å²) in [6.07, 6.45) is 0.953. The molecular weight excluding hydrogens is 308 g/mol. The average molecular weight is 330 g/mol.